The summed E-state index contributed by atoms with van der Waals surface area (Å²) in [6.07, 6.45) is 4.16. The molecule has 0 aromatic heterocycles. The second kappa shape index (κ2) is 6.10. The maximum absolute atomic E-state index is 5.27. The topological polar surface area (TPSA) is 18.5 Å². The summed E-state index contributed by atoms with van der Waals surface area (Å²) in [5.41, 5.74) is 3.46. The zero-order chi connectivity index (χ0) is 13.7. The third-order valence-electron chi connectivity index (χ3n) is 2.89. The Hall–Kier alpha value is -2.22. The molecule has 19 heavy (non-hydrogen) atoms. The summed E-state index contributed by atoms with van der Waals surface area (Å²) < 4.78 is 10.4. The molecule has 0 spiro atoms. The minimum Gasteiger partial charge on any atom is -0.497 e. The third kappa shape index (κ3) is 3.62. The molecule has 0 fully saturated rings. The van der Waals surface area contributed by atoms with Crippen LogP contribution in [-0.4, -0.2) is 14.2 Å². The Labute approximate surface area is 114 Å². The fourth-order valence-corrected chi connectivity index (χ4v) is 1.90. The van der Waals surface area contributed by atoms with Gasteiger partial charge in [0.15, 0.2) is 0 Å². The first-order valence-corrected chi connectivity index (χ1v) is 6.19. The molecule has 0 amide bonds. The van der Waals surface area contributed by atoms with E-state index < -0.39 is 0 Å². The molecular formula is C17H18O2. The highest BCUT2D eigenvalue weighted by Crippen LogP contribution is 2.19. The molecule has 2 nitrogen and oxygen atoms in total. The summed E-state index contributed by atoms with van der Waals surface area (Å²) in [5.74, 6) is 1.75. The number of rotatable bonds is 4. The number of aryl methyl sites for hydroxylation is 1. The lowest BCUT2D eigenvalue weighted by atomic mass is 10.1. The Morgan fingerprint density at radius 1 is 0.737 bits per heavy atom. The molecule has 0 aliphatic carbocycles. The summed E-state index contributed by atoms with van der Waals surface area (Å²) in [4.78, 5) is 0. The van der Waals surface area contributed by atoms with E-state index in [0.717, 1.165) is 22.6 Å². The molecule has 0 N–H and O–H groups in total. The van der Waals surface area contributed by atoms with Crippen molar-refractivity contribution in [2.45, 2.75) is 6.92 Å². The van der Waals surface area contributed by atoms with Crippen LogP contribution in [0.4, 0.5) is 0 Å². The smallest absolute Gasteiger partial charge is 0.119 e. The minimum absolute atomic E-state index is 0.870. The molecule has 2 rings (SSSR count). The van der Waals surface area contributed by atoms with Crippen molar-refractivity contribution >= 4 is 12.2 Å². The molecule has 0 heterocycles. The van der Waals surface area contributed by atoms with Gasteiger partial charge < -0.3 is 9.47 Å². The quantitative estimate of drug-likeness (QED) is 0.762. The maximum atomic E-state index is 5.27. The number of methoxy groups -OCH3 is 2. The van der Waals surface area contributed by atoms with Crippen LogP contribution in [0.15, 0.2) is 42.5 Å². The SMILES string of the molecule is COc1ccc(/C=C/c2cc(C)cc(OC)c2)cc1. The maximum Gasteiger partial charge on any atom is 0.119 e. The van der Waals surface area contributed by atoms with Gasteiger partial charge in [-0.2, -0.15) is 0 Å². The van der Waals surface area contributed by atoms with E-state index >= 15 is 0 Å². The first-order chi connectivity index (χ1) is 9.21. The summed E-state index contributed by atoms with van der Waals surface area (Å²) in [6.45, 7) is 2.06. The first-order valence-electron chi connectivity index (χ1n) is 6.19. The van der Waals surface area contributed by atoms with Crippen LogP contribution in [0.5, 0.6) is 11.5 Å². The van der Waals surface area contributed by atoms with Gasteiger partial charge in [0.05, 0.1) is 14.2 Å². The molecule has 0 radical (unpaired) electrons. The van der Waals surface area contributed by atoms with Gasteiger partial charge in [0.1, 0.15) is 11.5 Å². The molecule has 0 saturated carbocycles. The first kappa shape index (κ1) is 13.2. The molecule has 2 heteroatoms. The van der Waals surface area contributed by atoms with Gasteiger partial charge >= 0.3 is 0 Å². The van der Waals surface area contributed by atoms with E-state index in [4.69, 9.17) is 9.47 Å². The average molecular weight is 254 g/mol. The van der Waals surface area contributed by atoms with Crippen molar-refractivity contribution in [3.05, 3.63) is 59.2 Å². The lowest BCUT2D eigenvalue weighted by Gasteiger charge is -2.03. The Bertz CT molecular complexity index is 568. The van der Waals surface area contributed by atoms with E-state index in [1.54, 1.807) is 14.2 Å². The average Bonchev–Trinajstić information content (AvgIpc) is 2.45. The zero-order valence-corrected chi connectivity index (χ0v) is 11.5. The number of hydrogen-bond donors (Lipinski definition) is 0. The summed E-state index contributed by atoms with van der Waals surface area (Å²) in [7, 11) is 3.36. The molecule has 0 unspecified atom stereocenters. The predicted molar refractivity (Wildman–Crippen MR) is 79.7 cm³/mol. The number of ether oxygens (including phenoxy) is 2. The minimum atomic E-state index is 0.870. The van der Waals surface area contributed by atoms with E-state index in [0.29, 0.717) is 0 Å². The van der Waals surface area contributed by atoms with Crippen molar-refractivity contribution in [1.82, 2.24) is 0 Å². The van der Waals surface area contributed by atoms with Gasteiger partial charge in [-0.15, -0.1) is 0 Å². The Kier molecular flexibility index (Phi) is 4.24. The molecule has 2 aromatic carbocycles. The third-order valence-corrected chi connectivity index (χ3v) is 2.89. The van der Waals surface area contributed by atoms with Crippen LogP contribution in [0, 0.1) is 6.92 Å². The van der Waals surface area contributed by atoms with Crippen LogP contribution in [0.2, 0.25) is 0 Å². The molecule has 0 bridgehead atoms. The van der Waals surface area contributed by atoms with Crippen molar-refractivity contribution in [2.24, 2.45) is 0 Å². The highest BCUT2D eigenvalue weighted by molar-refractivity contribution is 5.70. The second-order valence-electron chi connectivity index (χ2n) is 4.39. The van der Waals surface area contributed by atoms with E-state index in [-0.39, 0.29) is 0 Å². The summed E-state index contributed by atoms with van der Waals surface area (Å²) in [6, 6.07) is 14.1. The van der Waals surface area contributed by atoms with Gasteiger partial charge in [-0.1, -0.05) is 30.4 Å². The van der Waals surface area contributed by atoms with Crippen molar-refractivity contribution in [1.29, 1.82) is 0 Å². The summed E-state index contributed by atoms with van der Waals surface area (Å²) >= 11 is 0. The number of hydrogen-bond acceptors (Lipinski definition) is 2. The van der Waals surface area contributed by atoms with Gasteiger partial charge in [0.25, 0.3) is 0 Å². The van der Waals surface area contributed by atoms with Crippen molar-refractivity contribution in [2.75, 3.05) is 14.2 Å². The van der Waals surface area contributed by atoms with Crippen molar-refractivity contribution < 1.29 is 9.47 Å². The molecular weight excluding hydrogens is 236 g/mol. The van der Waals surface area contributed by atoms with E-state index in [1.165, 1.54) is 5.56 Å². The van der Waals surface area contributed by atoms with Gasteiger partial charge in [-0.25, -0.2) is 0 Å². The fraction of sp³-hybridized carbons (Fsp3) is 0.176. The van der Waals surface area contributed by atoms with Crippen LogP contribution < -0.4 is 9.47 Å². The van der Waals surface area contributed by atoms with Crippen LogP contribution >= 0.6 is 0 Å². The summed E-state index contributed by atoms with van der Waals surface area (Å²) in [5, 5.41) is 0. The van der Waals surface area contributed by atoms with Gasteiger partial charge in [0.2, 0.25) is 0 Å². The molecule has 0 atom stereocenters. The Balaban J connectivity index is 2.19. The standard InChI is InChI=1S/C17H18O2/c1-13-10-15(12-17(11-13)19-3)5-4-14-6-8-16(18-2)9-7-14/h4-12H,1-3H3/b5-4+. The molecule has 98 valence electrons. The van der Waals surface area contributed by atoms with Gasteiger partial charge in [-0.3, -0.25) is 0 Å². The Morgan fingerprint density at radius 3 is 2.00 bits per heavy atom. The second-order valence-corrected chi connectivity index (χ2v) is 4.39. The highest BCUT2D eigenvalue weighted by atomic mass is 16.5. The van der Waals surface area contributed by atoms with Crippen LogP contribution in [0.1, 0.15) is 16.7 Å². The van der Waals surface area contributed by atoms with Gasteiger partial charge in [0, 0.05) is 0 Å². The van der Waals surface area contributed by atoms with E-state index in [1.807, 2.05) is 36.4 Å². The van der Waals surface area contributed by atoms with Crippen LogP contribution in [0.3, 0.4) is 0 Å². The molecule has 2 aromatic rings. The highest BCUT2D eigenvalue weighted by Gasteiger charge is 1.96. The van der Waals surface area contributed by atoms with Crippen molar-refractivity contribution in [3.8, 4) is 11.5 Å². The lowest BCUT2D eigenvalue weighted by molar-refractivity contribution is 0.414. The van der Waals surface area contributed by atoms with Crippen LogP contribution in [-0.2, 0) is 0 Å². The lowest BCUT2D eigenvalue weighted by Crippen LogP contribution is -1.85. The van der Waals surface area contributed by atoms with Crippen molar-refractivity contribution in [3.63, 3.8) is 0 Å². The largest absolute Gasteiger partial charge is 0.497 e. The fourth-order valence-electron chi connectivity index (χ4n) is 1.90. The van der Waals surface area contributed by atoms with Gasteiger partial charge in [-0.05, 0) is 47.9 Å². The normalized spacial score (nSPS) is 10.7. The van der Waals surface area contributed by atoms with Crippen LogP contribution in [0.25, 0.3) is 12.2 Å². The van der Waals surface area contributed by atoms with E-state index in [2.05, 4.69) is 25.1 Å². The number of benzene rings is 2. The Morgan fingerprint density at radius 2 is 1.37 bits per heavy atom. The molecule has 0 aliphatic heterocycles. The molecule has 0 saturated heterocycles. The van der Waals surface area contributed by atoms with E-state index in [9.17, 15) is 0 Å². The predicted octanol–water partition coefficient (Wildman–Crippen LogP) is 4.18. The zero-order valence-electron chi connectivity index (χ0n) is 11.5. The molecule has 0 aliphatic rings. The monoisotopic (exact) mass is 254 g/mol.